The van der Waals surface area contributed by atoms with Crippen LogP contribution in [0.1, 0.15) is 33.9 Å². The number of benzene rings is 5. The first-order valence-electron chi connectivity index (χ1n) is 12.8. The molecule has 1 unspecified atom stereocenters. The highest BCUT2D eigenvalue weighted by molar-refractivity contribution is 6.06. The van der Waals surface area contributed by atoms with E-state index in [0.29, 0.717) is 12.2 Å². The number of methoxy groups -OCH3 is 1. The smallest absolute Gasteiger partial charge is 0.342 e. The molecule has 0 aliphatic carbocycles. The van der Waals surface area contributed by atoms with Crippen molar-refractivity contribution in [2.24, 2.45) is 5.10 Å². The van der Waals surface area contributed by atoms with E-state index in [1.807, 2.05) is 72.8 Å². The summed E-state index contributed by atoms with van der Waals surface area (Å²) < 4.78 is 10.9. The Bertz CT molecular complexity index is 1730. The lowest BCUT2D eigenvalue weighted by molar-refractivity contribution is -0.136. The standard InChI is InChI=1S/C33H26N2O4/c1-38-31-19-26-14-8-7-13-25(26)18-28(31)33(37)39-21-32(36)35-30(23-10-3-2-4-11-23)20-29(34-35)27-16-15-22-9-5-6-12-24(22)17-27/h2-19,30H,20-21H2,1H3. The molecule has 1 amide bonds. The van der Waals surface area contributed by atoms with E-state index >= 15 is 0 Å². The van der Waals surface area contributed by atoms with Crippen molar-refractivity contribution >= 4 is 39.1 Å². The molecule has 0 N–H and O–H groups in total. The van der Waals surface area contributed by atoms with E-state index in [-0.39, 0.29) is 11.6 Å². The maximum atomic E-state index is 13.4. The summed E-state index contributed by atoms with van der Waals surface area (Å²) in [5.41, 5.74) is 3.01. The monoisotopic (exact) mass is 514 g/mol. The van der Waals surface area contributed by atoms with Gasteiger partial charge < -0.3 is 9.47 Å². The minimum Gasteiger partial charge on any atom is -0.496 e. The highest BCUT2D eigenvalue weighted by atomic mass is 16.5. The van der Waals surface area contributed by atoms with Gasteiger partial charge in [0.2, 0.25) is 0 Å². The number of amides is 1. The van der Waals surface area contributed by atoms with Crippen molar-refractivity contribution in [2.75, 3.05) is 13.7 Å². The maximum absolute atomic E-state index is 13.4. The topological polar surface area (TPSA) is 68.2 Å². The zero-order valence-electron chi connectivity index (χ0n) is 21.4. The Morgan fingerprint density at radius 2 is 1.44 bits per heavy atom. The zero-order valence-corrected chi connectivity index (χ0v) is 21.4. The molecule has 0 bridgehead atoms. The third-order valence-electron chi connectivity index (χ3n) is 7.05. The van der Waals surface area contributed by atoms with Gasteiger partial charge in [-0.15, -0.1) is 0 Å². The number of carbonyl (C=O) groups is 2. The minimum absolute atomic E-state index is 0.269. The van der Waals surface area contributed by atoms with E-state index in [9.17, 15) is 9.59 Å². The molecule has 0 saturated heterocycles. The highest BCUT2D eigenvalue weighted by Crippen LogP contribution is 2.34. The van der Waals surface area contributed by atoms with Crippen LogP contribution in [0.5, 0.6) is 5.75 Å². The number of ether oxygens (including phenoxy) is 2. The summed E-state index contributed by atoms with van der Waals surface area (Å²) in [6.07, 6.45) is 0.556. The second-order valence-electron chi connectivity index (χ2n) is 9.45. The molecule has 6 heteroatoms. The SMILES string of the molecule is COc1cc2ccccc2cc1C(=O)OCC(=O)N1N=C(c2ccc3ccccc3c2)CC1c1ccccc1. The Morgan fingerprint density at radius 1 is 0.795 bits per heavy atom. The summed E-state index contributed by atoms with van der Waals surface area (Å²) in [5, 5.41) is 10.3. The van der Waals surface area contributed by atoms with Crippen LogP contribution in [-0.4, -0.2) is 36.3 Å². The molecule has 0 radical (unpaired) electrons. The third-order valence-corrected chi connectivity index (χ3v) is 7.05. The van der Waals surface area contributed by atoms with Crippen LogP contribution in [0.3, 0.4) is 0 Å². The molecule has 39 heavy (non-hydrogen) atoms. The fraction of sp³-hybridized carbons (Fsp3) is 0.121. The quantitative estimate of drug-likeness (QED) is 0.242. The van der Waals surface area contributed by atoms with Crippen molar-refractivity contribution in [3.05, 3.63) is 126 Å². The van der Waals surface area contributed by atoms with Crippen LogP contribution in [0.15, 0.2) is 114 Å². The van der Waals surface area contributed by atoms with Crippen molar-refractivity contribution in [3.8, 4) is 5.75 Å². The Hall–Kier alpha value is -4.97. The van der Waals surface area contributed by atoms with E-state index in [4.69, 9.17) is 14.6 Å². The van der Waals surface area contributed by atoms with Gasteiger partial charge in [0, 0.05) is 6.42 Å². The molecule has 1 atom stereocenters. The molecule has 5 aromatic rings. The van der Waals surface area contributed by atoms with Gasteiger partial charge in [0.15, 0.2) is 6.61 Å². The Morgan fingerprint density at radius 3 is 2.15 bits per heavy atom. The molecule has 5 aromatic carbocycles. The first-order chi connectivity index (χ1) is 19.1. The number of rotatable bonds is 6. The number of hydrazone groups is 1. The third kappa shape index (κ3) is 4.84. The second kappa shape index (κ2) is 10.4. The molecular weight excluding hydrogens is 488 g/mol. The first kappa shape index (κ1) is 24.4. The fourth-order valence-electron chi connectivity index (χ4n) is 5.04. The number of hydrogen-bond acceptors (Lipinski definition) is 5. The van der Waals surface area contributed by atoms with Crippen LogP contribution >= 0.6 is 0 Å². The van der Waals surface area contributed by atoms with Crippen molar-refractivity contribution in [1.82, 2.24) is 5.01 Å². The van der Waals surface area contributed by atoms with E-state index in [1.54, 1.807) is 12.1 Å². The largest absolute Gasteiger partial charge is 0.496 e. The molecule has 1 aliphatic heterocycles. The van der Waals surface area contributed by atoms with Crippen LogP contribution in [0, 0.1) is 0 Å². The Balaban J connectivity index is 1.26. The van der Waals surface area contributed by atoms with Gasteiger partial charge in [0.05, 0.1) is 18.9 Å². The normalized spacial score (nSPS) is 14.8. The van der Waals surface area contributed by atoms with Gasteiger partial charge in [-0.1, -0.05) is 91.0 Å². The molecule has 6 rings (SSSR count). The average Bonchev–Trinajstić information content (AvgIpc) is 3.45. The van der Waals surface area contributed by atoms with Crippen LogP contribution in [0.4, 0.5) is 0 Å². The van der Waals surface area contributed by atoms with Crippen LogP contribution in [0.25, 0.3) is 21.5 Å². The van der Waals surface area contributed by atoms with Gasteiger partial charge in [0.25, 0.3) is 5.91 Å². The lowest BCUT2D eigenvalue weighted by Gasteiger charge is -2.22. The van der Waals surface area contributed by atoms with Crippen molar-refractivity contribution in [1.29, 1.82) is 0 Å². The molecule has 0 saturated carbocycles. The minimum atomic E-state index is -0.625. The molecule has 6 nitrogen and oxygen atoms in total. The number of hydrogen-bond donors (Lipinski definition) is 0. The summed E-state index contributed by atoms with van der Waals surface area (Å²) in [6.45, 7) is -0.438. The predicted molar refractivity (Wildman–Crippen MR) is 152 cm³/mol. The van der Waals surface area contributed by atoms with Gasteiger partial charge in [-0.05, 0) is 50.9 Å². The molecule has 1 aliphatic rings. The van der Waals surface area contributed by atoms with E-state index < -0.39 is 18.5 Å². The number of carbonyl (C=O) groups excluding carboxylic acids is 2. The van der Waals surface area contributed by atoms with Gasteiger partial charge >= 0.3 is 5.97 Å². The summed E-state index contributed by atoms with van der Waals surface area (Å²) in [5.74, 6) is -0.626. The van der Waals surface area contributed by atoms with Crippen LogP contribution in [0.2, 0.25) is 0 Å². The van der Waals surface area contributed by atoms with Gasteiger partial charge in [0.1, 0.15) is 11.3 Å². The highest BCUT2D eigenvalue weighted by Gasteiger charge is 2.33. The maximum Gasteiger partial charge on any atom is 0.342 e. The van der Waals surface area contributed by atoms with Crippen molar-refractivity contribution in [2.45, 2.75) is 12.5 Å². The van der Waals surface area contributed by atoms with E-state index in [2.05, 4.69) is 24.3 Å². The molecular formula is C33H26N2O4. The number of esters is 1. The second-order valence-corrected chi connectivity index (χ2v) is 9.45. The molecule has 1 heterocycles. The van der Waals surface area contributed by atoms with Crippen LogP contribution < -0.4 is 4.74 Å². The molecule has 0 spiro atoms. The number of nitrogens with zero attached hydrogens (tertiary/aromatic N) is 2. The molecule has 192 valence electrons. The van der Waals surface area contributed by atoms with Crippen LogP contribution in [-0.2, 0) is 9.53 Å². The van der Waals surface area contributed by atoms with Crippen molar-refractivity contribution < 1.29 is 19.1 Å². The predicted octanol–water partition coefficient (Wildman–Crippen LogP) is 6.54. The Labute approximate surface area is 226 Å². The van der Waals surface area contributed by atoms with Gasteiger partial charge in [-0.25, -0.2) is 9.80 Å². The fourth-order valence-corrected chi connectivity index (χ4v) is 5.04. The lowest BCUT2D eigenvalue weighted by atomic mass is 9.97. The van der Waals surface area contributed by atoms with Crippen molar-refractivity contribution in [3.63, 3.8) is 0 Å². The summed E-state index contributed by atoms with van der Waals surface area (Å²) >= 11 is 0. The lowest BCUT2D eigenvalue weighted by Crippen LogP contribution is -2.31. The summed E-state index contributed by atoms with van der Waals surface area (Å²) in [7, 11) is 1.50. The van der Waals surface area contributed by atoms with E-state index in [1.165, 1.54) is 12.1 Å². The van der Waals surface area contributed by atoms with E-state index in [0.717, 1.165) is 38.4 Å². The average molecular weight is 515 g/mol. The van der Waals surface area contributed by atoms with Gasteiger partial charge in [-0.3, -0.25) is 4.79 Å². The van der Waals surface area contributed by atoms with Gasteiger partial charge in [-0.2, -0.15) is 5.10 Å². The zero-order chi connectivity index (χ0) is 26.8. The summed E-state index contributed by atoms with van der Waals surface area (Å²) in [6, 6.07) is 35.0. The molecule has 0 aromatic heterocycles. The summed E-state index contributed by atoms with van der Waals surface area (Å²) in [4.78, 5) is 26.5. The Kier molecular flexibility index (Phi) is 6.51. The first-order valence-corrected chi connectivity index (χ1v) is 12.8. The number of fused-ring (bicyclic) bond motifs is 2. The molecule has 0 fully saturated rings.